The summed E-state index contributed by atoms with van der Waals surface area (Å²) >= 11 is 0. The van der Waals surface area contributed by atoms with E-state index in [2.05, 4.69) is 29.7 Å². The van der Waals surface area contributed by atoms with E-state index in [4.69, 9.17) is 19.2 Å². The molecule has 1 aromatic rings. The van der Waals surface area contributed by atoms with Gasteiger partial charge in [-0.15, -0.1) is 24.0 Å². The smallest absolute Gasteiger partial charge is 0.191 e. The first-order valence-corrected chi connectivity index (χ1v) is 10.1. The molecule has 160 valence electrons. The number of hydrogen-bond acceptors (Lipinski definition) is 4. The van der Waals surface area contributed by atoms with Crippen LogP contribution in [-0.4, -0.2) is 59.1 Å². The van der Waals surface area contributed by atoms with Crippen molar-refractivity contribution in [2.75, 3.05) is 53.2 Å². The Morgan fingerprint density at radius 3 is 2.46 bits per heavy atom. The lowest BCUT2D eigenvalue weighted by atomic mass is 9.74. The Labute approximate surface area is 186 Å². The maximum atomic E-state index is 5.63. The van der Waals surface area contributed by atoms with Gasteiger partial charge in [0, 0.05) is 44.9 Å². The minimum atomic E-state index is 0. The molecule has 0 radical (unpaired) electrons. The Kier molecular flexibility index (Phi) is 12.5. The van der Waals surface area contributed by atoms with Crippen LogP contribution in [0, 0.1) is 0 Å². The molecule has 6 nitrogen and oxygen atoms in total. The van der Waals surface area contributed by atoms with Gasteiger partial charge < -0.3 is 24.8 Å². The molecule has 0 aromatic heterocycles. The SMILES string of the molecule is CCNC(=NCC1(c2ccc(OC)cc2)CCOCC1)NCCCOCC.I. The highest BCUT2D eigenvalue weighted by atomic mass is 127. The van der Waals surface area contributed by atoms with Gasteiger partial charge in [0.15, 0.2) is 5.96 Å². The molecule has 1 heterocycles. The molecule has 0 spiro atoms. The number of aliphatic imine (C=N–C) groups is 1. The molecule has 0 aliphatic carbocycles. The van der Waals surface area contributed by atoms with E-state index in [0.29, 0.717) is 0 Å². The largest absolute Gasteiger partial charge is 0.497 e. The van der Waals surface area contributed by atoms with Crippen molar-refractivity contribution >= 4 is 29.9 Å². The number of ether oxygens (including phenoxy) is 3. The van der Waals surface area contributed by atoms with Gasteiger partial charge in [0.2, 0.25) is 0 Å². The standard InChI is InChI=1S/C21H35N3O3.HI/c1-4-22-20(23-13-6-14-26-5-2)24-17-21(11-15-27-16-12-21)18-7-9-19(25-3)10-8-18;/h7-10H,4-6,11-17H2,1-3H3,(H2,22,23,24);1H. The first-order chi connectivity index (χ1) is 13.2. The van der Waals surface area contributed by atoms with Gasteiger partial charge in [0.25, 0.3) is 0 Å². The predicted octanol–water partition coefficient (Wildman–Crippen LogP) is 3.34. The summed E-state index contributed by atoms with van der Waals surface area (Å²) in [4.78, 5) is 4.91. The van der Waals surface area contributed by atoms with Crippen molar-refractivity contribution in [1.82, 2.24) is 10.6 Å². The molecule has 1 aliphatic heterocycles. The van der Waals surface area contributed by atoms with E-state index in [0.717, 1.165) is 77.0 Å². The minimum Gasteiger partial charge on any atom is -0.497 e. The summed E-state index contributed by atoms with van der Waals surface area (Å²) in [6.45, 7) is 9.64. The van der Waals surface area contributed by atoms with Crippen LogP contribution < -0.4 is 15.4 Å². The molecule has 1 aliphatic rings. The van der Waals surface area contributed by atoms with Crippen LogP contribution in [0.3, 0.4) is 0 Å². The average molecular weight is 505 g/mol. The maximum absolute atomic E-state index is 5.63. The molecule has 0 amide bonds. The highest BCUT2D eigenvalue weighted by molar-refractivity contribution is 14.0. The highest BCUT2D eigenvalue weighted by Crippen LogP contribution is 2.36. The van der Waals surface area contributed by atoms with Gasteiger partial charge in [0.05, 0.1) is 13.7 Å². The van der Waals surface area contributed by atoms with Crippen molar-refractivity contribution in [2.45, 2.75) is 38.5 Å². The normalized spacial score (nSPS) is 16.2. The quantitative estimate of drug-likeness (QED) is 0.221. The van der Waals surface area contributed by atoms with Crippen molar-refractivity contribution in [1.29, 1.82) is 0 Å². The molecule has 0 saturated carbocycles. The molecule has 28 heavy (non-hydrogen) atoms. The van der Waals surface area contributed by atoms with Crippen LogP contribution in [0.15, 0.2) is 29.3 Å². The Morgan fingerprint density at radius 1 is 1.14 bits per heavy atom. The molecule has 0 atom stereocenters. The molecule has 2 N–H and O–H groups in total. The number of guanidine groups is 1. The topological polar surface area (TPSA) is 64.1 Å². The molecule has 1 aromatic carbocycles. The summed E-state index contributed by atoms with van der Waals surface area (Å²) in [6, 6.07) is 8.41. The molecular formula is C21H36IN3O3. The van der Waals surface area contributed by atoms with Crippen molar-refractivity contribution in [3.05, 3.63) is 29.8 Å². The fraction of sp³-hybridized carbons (Fsp3) is 0.667. The Balaban J connectivity index is 0.00000392. The van der Waals surface area contributed by atoms with Crippen LogP contribution in [0.4, 0.5) is 0 Å². The van der Waals surface area contributed by atoms with Crippen LogP contribution in [0.2, 0.25) is 0 Å². The van der Waals surface area contributed by atoms with Gasteiger partial charge in [-0.1, -0.05) is 12.1 Å². The average Bonchev–Trinajstić information content (AvgIpc) is 2.72. The zero-order valence-corrected chi connectivity index (χ0v) is 19.8. The number of nitrogens with one attached hydrogen (secondary N) is 2. The summed E-state index contributed by atoms with van der Waals surface area (Å²) in [6.07, 6.45) is 2.93. The summed E-state index contributed by atoms with van der Waals surface area (Å²) < 4.78 is 16.3. The number of nitrogens with zero attached hydrogens (tertiary/aromatic N) is 1. The summed E-state index contributed by atoms with van der Waals surface area (Å²) in [5.74, 6) is 1.75. The number of benzene rings is 1. The molecule has 7 heteroatoms. The van der Waals surface area contributed by atoms with Crippen LogP contribution in [0.5, 0.6) is 5.75 Å². The lowest BCUT2D eigenvalue weighted by Crippen LogP contribution is -2.41. The highest BCUT2D eigenvalue weighted by Gasteiger charge is 2.34. The summed E-state index contributed by atoms with van der Waals surface area (Å²) in [5, 5.41) is 6.76. The van der Waals surface area contributed by atoms with Gasteiger partial charge in [-0.25, -0.2) is 0 Å². The summed E-state index contributed by atoms with van der Waals surface area (Å²) in [5.41, 5.74) is 1.32. The van der Waals surface area contributed by atoms with Crippen LogP contribution in [0.1, 0.15) is 38.7 Å². The third-order valence-corrected chi connectivity index (χ3v) is 5.00. The Bertz CT molecular complexity index is 561. The molecule has 1 fully saturated rings. The second-order valence-electron chi connectivity index (χ2n) is 6.79. The Hall–Kier alpha value is -1.06. The van der Waals surface area contributed by atoms with Crippen molar-refractivity contribution in [3.63, 3.8) is 0 Å². The van der Waals surface area contributed by atoms with Crippen molar-refractivity contribution in [3.8, 4) is 5.75 Å². The predicted molar refractivity (Wildman–Crippen MR) is 125 cm³/mol. The van der Waals surface area contributed by atoms with Crippen LogP contribution in [0.25, 0.3) is 0 Å². The lowest BCUT2D eigenvalue weighted by Gasteiger charge is -2.36. The van der Waals surface area contributed by atoms with Gasteiger partial charge in [-0.05, 0) is 50.8 Å². The number of halogens is 1. The van der Waals surface area contributed by atoms with Crippen molar-refractivity contribution in [2.24, 2.45) is 4.99 Å². The van der Waals surface area contributed by atoms with E-state index in [1.807, 2.05) is 19.1 Å². The second-order valence-corrected chi connectivity index (χ2v) is 6.79. The molecular weight excluding hydrogens is 469 g/mol. The molecule has 2 rings (SSSR count). The first-order valence-electron chi connectivity index (χ1n) is 10.1. The zero-order valence-electron chi connectivity index (χ0n) is 17.5. The maximum Gasteiger partial charge on any atom is 0.191 e. The fourth-order valence-corrected chi connectivity index (χ4v) is 3.34. The molecule has 0 bridgehead atoms. The van der Waals surface area contributed by atoms with Gasteiger partial charge in [-0.2, -0.15) is 0 Å². The fourth-order valence-electron chi connectivity index (χ4n) is 3.34. The number of methoxy groups -OCH3 is 1. The number of hydrogen-bond donors (Lipinski definition) is 2. The zero-order chi connectivity index (χ0) is 19.4. The second kappa shape index (κ2) is 14.0. The van der Waals surface area contributed by atoms with E-state index in [9.17, 15) is 0 Å². The van der Waals surface area contributed by atoms with E-state index < -0.39 is 0 Å². The summed E-state index contributed by atoms with van der Waals surface area (Å²) in [7, 11) is 1.70. The van der Waals surface area contributed by atoms with E-state index in [1.165, 1.54) is 5.56 Å². The lowest BCUT2D eigenvalue weighted by molar-refractivity contribution is 0.0531. The monoisotopic (exact) mass is 505 g/mol. The van der Waals surface area contributed by atoms with E-state index >= 15 is 0 Å². The number of rotatable bonds is 10. The van der Waals surface area contributed by atoms with E-state index in [1.54, 1.807) is 7.11 Å². The van der Waals surface area contributed by atoms with Crippen LogP contribution in [-0.2, 0) is 14.9 Å². The van der Waals surface area contributed by atoms with Crippen LogP contribution >= 0.6 is 24.0 Å². The van der Waals surface area contributed by atoms with Gasteiger partial charge in [-0.3, -0.25) is 4.99 Å². The van der Waals surface area contributed by atoms with Gasteiger partial charge >= 0.3 is 0 Å². The Morgan fingerprint density at radius 2 is 1.86 bits per heavy atom. The third kappa shape index (κ3) is 7.75. The minimum absolute atomic E-state index is 0. The molecule has 1 saturated heterocycles. The first kappa shape index (κ1) is 25.0. The third-order valence-electron chi connectivity index (χ3n) is 5.00. The molecule has 0 unspecified atom stereocenters. The van der Waals surface area contributed by atoms with Crippen molar-refractivity contribution < 1.29 is 14.2 Å². The van der Waals surface area contributed by atoms with Gasteiger partial charge in [0.1, 0.15) is 5.75 Å². The van der Waals surface area contributed by atoms with E-state index in [-0.39, 0.29) is 29.4 Å².